The molecule has 1 aromatic rings. The molecule has 0 unspecified atom stereocenters. The predicted octanol–water partition coefficient (Wildman–Crippen LogP) is 1.47. The monoisotopic (exact) mass is 286 g/mol. The molecule has 6 nitrogen and oxygen atoms in total. The van der Waals surface area contributed by atoms with Crippen molar-refractivity contribution < 1.29 is 23.6 Å². The zero-order chi connectivity index (χ0) is 14.9. The number of rotatable bonds is 2. The first-order valence-corrected chi connectivity index (χ1v) is 6.01. The molecule has 1 aliphatic rings. The summed E-state index contributed by atoms with van der Waals surface area (Å²) >= 11 is 0. The van der Waals surface area contributed by atoms with Gasteiger partial charge in [-0.25, -0.2) is 4.39 Å². The van der Waals surface area contributed by atoms with Crippen LogP contribution in [0.1, 0.15) is 23.2 Å². The number of β-amino-alcohol motifs (C(OH)–C–C–N with tert-alkyl or cyclic N) is 1. The molecule has 1 heterocycles. The Morgan fingerprint density at radius 1 is 1.45 bits per heavy atom. The molecule has 1 saturated heterocycles. The van der Waals surface area contributed by atoms with Crippen molar-refractivity contribution in [1.29, 1.82) is 0 Å². The number of piperidine rings is 1. The maximum Gasteiger partial charge on any atom is 0.308 e. The average molecular weight is 286 g/mol. The molecule has 8 heteroatoms. The molecule has 1 atom stereocenters. The van der Waals surface area contributed by atoms with E-state index >= 15 is 0 Å². The summed E-state index contributed by atoms with van der Waals surface area (Å²) in [6.45, 7) is 0.294. The highest BCUT2D eigenvalue weighted by Gasteiger charge is 2.29. The van der Waals surface area contributed by atoms with Crippen LogP contribution in [0.2, 0.25) is 0 Å². The van der Waals surface area contributed by atoms with Crippen LogP contribution >= 0.6 is 0 Å². The maximum absolute atomic E-state index is 13.9. The summed E-state index contributed by atoms with van der Waals surface area (Å²) in [6.07, 6.45) is 0.334. The van der Waals surface area contributed by atoms with Crippen molar-refractivity contribution in [2.75, 3.05) is 13.1 Å². The van der Waals surface area contributed by atoms with Gasteiger partial charge in [-0.1, -0.05) is 0 Å². The van der Waals surface area contributed by atoms with Crippen molar-refractivity contribution in [3.63, 3.8) is 0 Å². The van der Waals surface area contributed by atoms with Gasteiger partial charge in [-0.15, -0.1) is 0 Å². The number of benzene rings is 1. The molecule has 0 bridgehead atoms. The zero-order valence-electron chi connectivity index (χ0n) is 10.4. The van der Waals surface area contributed by atoms with Gasteiger partial charge in [-0.05, 0) is 18.9 Å². The van der Waals surface area contributed by atoms with Gasteiger partial charge in [0, 0.05) is 13.1 Å². The lowest BCUT2D eigenvalue weighted by Gasteiger charge is -2.30. The molecule has 0 aromatic heterocycles. The molecular weight excluding hydrogens is 274 g/mol. The standard InChI is InChI=1S/C12H12F2N2O4/c13-7-4-9(11(14)10(5-7)16(19)20)12(18)15-3-1-2-8(17)6-15/h4-5,8,17H,1-3,6H2/t8-/m0/s1. The number of amides is 1. The number of hydrogen-bond acceptors (Lipinski definition) is 4. The Morgan fingerprint density at radius 3 is 2.75 bits per heavy atom. The van der Waals surface area contributed by atoms with E-state index in [1.54, 1.807) is 0 Å². The van der Waals surface area contributed by atoms with E-state index in [1.807, 2.05) is 0 Å². The lowest BCUT2D eigenvalue weighted by Crippen LogP contribution is -2.42. The molecule has 1 aromatic carbocycles. The summed E-state index contributed by atoms with van der Waals surface area (Å²) in [4.78, 5) is 22.8. The molecule has 1 aliphatic heterocycles. The summed E-state index contributed by atoms with van der Waals surface area (Å²) in [5.74, 6) is -3.27. The Labute approximate surface area is 112 Å². The van der Waals surface area contributed by atoms with Crippen molar-refractivity contribution in [3.8, 4) is 0 Å². The van der Waals surface area contributed by atoms with Crippen LogP contribution in [0.4, 0.5) is 14.5 Å². The smallest absolute Gasteiger partial charge is 0.308 e. The largest absolute Gasteiger partial charge is 0.391 e. The van der Waals surface area contributed by atoms with E-state index in [4.69, 9.17) is 0 Å². The molecule has 1 fully saturated rings. The van der Waals surface area contributed by atoms with E-state index in [-0.39, 0.29) is 6.54 Å². The van der Waals surface area contributed by atoms with Gasteiger partial charge in [-0.2, -0.15) is 4.39 Å². The Hall–Kier alpha value is -2.09. The second kappa shape index (κ2) is 5.49. The third-order valence-electron chi connectivity index (χ3n) is 3.13. The van der Waals surface area contributed by atoms with Gasteiger partial charge in [0.25, 0.3) is 5.91 Å². The van der Waals surface area contributed by atoms with E-state index in [1.165, 1.54) is 0 Å². The molecule has 0 spiro atoms. The number of nitrogens with zero attached hydrogens (tertiary/aromatic N) is 2. The minimum Gasteiger partial charge on any atom is -0.391 e. The second-order valence-electron chi connectivity index (χ2n) is 4.59. The minimum absolute atomic E-state index is 0.00256. The van der Waals surface area contributed by atoms with E-state index in [9.17, 15) is 28.8 Å². The van der Waals surface area contributed by atoms with Crippen LogP contribution in [-0.2, 0) is 0 Å². The third-order valence-corrected chi connectivity index (χ3v) is 3.13. The van der Waals surface area contributed by atoms with Crippen molar-refractivity contribution in [2.24, 2.45) is 0 Å². The quantitative estimate of drug-likeness (QED) is 0.659. The maximum atomic E-state index is 13.9. The van der Waals surface area contributed by atoms with Gasteiger partial charge >= 0.3 is 5.69 Å². The first-order chi connectivity index (χ1) is 9.40. The summed E-state index contributed by atoms with van der Waals surface area (Å²) in [7, 11) is 0. The lowest BCUT2D eigenvalue weighted by atomic mass is 10.1. The Morgan fingerprint density at radius 2 is 2.15 bits per heavy atom. The fraction of sp³-hybridized carbons (Fsp3) is 0.417. The zero-order valence-corrected chi connectivity index (χ0v) is 10.4. The minimum atomic E-state index is -1.36. The van der Waals surface area contributed by atoms with Crippen molar-refractivity contribution in [2.45, 2.75) is 18.9 Å². The van der Waals surface area contributed by atoms with Gasteiger partial charge in [0.05, 0.1) is 22.7 Å². The van der Waals surface area contributed by atoms with Crippen LogP contribution in [0.15, 0.2) is 12.1 Å². The molecule has 20 heavy (non-hydrogen) atoms. The highest BCUT2D eigenvalue weighted by Crippen LogP contribution is 2.24. The van der Waals surface area contributed by atoms with Gasteiger partial charge < -0.3 is 10.0 Å². The third kappa shape index (κ3) is 2.74. The topological polar surface area (TPSA) is 83.7 Å². The van der Waals surface area contributed by atoms with Gasteiger partial charge in [0.2, 0.25) is 5.82 Å². The Bertz CT molecular complexity index is 565. The van der Waals surface area contributed by atoms with Gasteiger partial charge in [-0.3, -0.25) is 14.9 Å². The Balaban J connectivity index is 2.36. The van der Waals surface area contributed by atoms with Gasteiger partial charge in [0.1, 0.15) is 5.82 Å². The second-order valence-corrected chi connectivity index (χ2v) is 4.59. The van der Waals surface area contributed by atoms with Crippen molar-refractivity contribution in [3.05, 3.63) is 39.4 Å². The highest BCUT2D eigenvalue weighted by molar-refractivity contribution is 5.95. The van der Waals surface area contributed by atoms with E-state index in [0.29, 0.717) is 31.5 Å². The number of likely N-dealkylation sites (tertiary alicyclic amines) is 1. The van der Waals surface area contributed by atoms with Crippen LogP contribution in [0.25, 0.3) is 0 Å². The number of carbonyl (C=O) groups is 1. The van der Waals surface area contributed by atoms with Crippen LogP contribution in [0.5, 0.6) is 0 Å². The predicted molar refractivity (Wildman–Crippen MR) is 64.2 cm³/mol. The van der Waals surface area contributed by atoms with E-state index in [2.05, 4.69) is 0 Å². The number of nitro groups is 1. The Kier molecular flexibility index (Phi) is 3.93. The van der Waals surface area contributed by atoms with Crippen LogP contribution in [0, 0.1) is 21.7 Å². The van der Waals surface area contributed by atoms with Crippen LogP contribution < -0.4 is 0 Å². The number of hydrogen-bond donors (Lipinski definition) is 1. The number of aliphatic hydroxyl groups excluding tert-OH is 1. The molecule has 2 rings (SSSR count). The van der Waals surface area contributed by atoms with Gasteiger partial charge in [0.15, 0.2) is 0 Å². The summed E-state index contributed by atoms with van der Waals surface area (Å²) in [6, 6.07) is 1.06. The fourth-order valence-electron chi connectivity index (χ4n) is 2.17. The summed E-state index contributed by atoms with van der Waals surface area (Å²) in [5, 5.41) is 20.1. The van der Waals surface area contributed by atoms with Crippen molar-refractivity contribution >= 4 is 11.6 Å². The van der Waals surface area contributed by atoms with Crippen LogP contribution in [0.3, 0.4) is 0 Å². The average Bonchev–Trinajstić information content (AvgIpc) is 2.40. The lowest BCUT2D eigenvalue weighted by molar-refractivity contribution is -0.387. The highest BCUT2D eigenvalue weighted by atomic mass is 19.1. The molecular formula is C12H12F2N2O4. The number of aliphatic hydroxyl groups is 1. The number of halogens is 2. The summed E-state index contributed by atoms with van der Waals surface area (Å²) in [5.41, 5.74) is -1.77. The first kappa shape index (κ1) is 14.3. The molecule has 1 amide bonds. The molecule has 0 radical (unpaired) electrons. The van der Waals surface area contributed by atoms with Crippen LogP contribution in [-0.4, -0.2) is 40.0 Å². The fourth-order valence-corrected chi connectivity index (χ4v) is 2.17. The normalized spacial score (nSPS) is 18.9. The SMILES string of the molecule is O=C(c1cc(F)cc([N+](=O)[O-])c1F)N1CCC[C@H](O)C1. The summed E-state index contributed by atoms with van der Waals surface area (Å²) < 4.78 is 27.2. The van der Waals surface area contributed by atoms with E-state index in [0.717, 1.165) is 4.90 Å². The number of nitro benzene ring substituents is 1. The molecule has 0 aliphatic carbocycles. The van der Waals surface area contributed by atoms with E-state index < -0.39 is 39.8 Å². The van der Waals surface area contributed by atoms with Crippen molar-refractivity contribution in [1.82, 2.24) is 4.90 Å². The molecule has 0 saturated carbocycles. The first-order valence-electron chi connectivity index (χ1n) is 6.01. The molecule has 1 N–H and O–H groups in total. The molecule has 108 valence electrons. The number of carbonyl (C=O) groups excluding carboxylic acids is 1.